The molecule has 0 amide bonds. The van der Waals surface area contributed by atoms with Crippen LogP contribution in [0.15, 0.2) is 0 Å². The van der Waals surface area contributed by atoms with Crippen LogP contribution in [-0.4, -0.2) is 22.8 Å². The van der Waals surface area contributed by atoms with E-state index in [4.69, 9.17) is 16.2 Å². The first-order valence-corrected chi connectivity index (χ1v) is 2.56. The van der Waals surface area contributed by atoms with E-state index in [2.05, 4.69) is 0 Å². The second-order valence-corrected chi connectivity index (χ2v) is 1.89. The van der Waals surface area contributed by atoms with Crippen molar-refractivity contribution < 1.29 is 9.90 Å². The minimum absolute atomic E-state index is 0.157. The van der Waals surface area contributed by atoms with Gasteiger partial charge in [-0.3, -0.25) is 4.79 Å². The predicted octanol–water partition coefficient (Wildman–Crippen LogP) is -0.172. The van der Waals surface area contributed by atoms with E-state index in [0.717, 1.165) is 0 Å². The van der Waals surface area contributed by atoms with E-state index in [1.54, 1.807) is 0 Å². The van der Waals surface area contributed by atoms with Crippen molar-refractivity contribution in [2.75, 3.05) is 0 Å². The molecule has 4 N–H and O–H groups in total. The first-order chi connectivity index (χ1) is 4.04. The van der Waals surface area contributed by atoms with Crippen molar-refractivity contribution in [3.63, 3.8) is 0 Å². The number of carboxylic acid groups (broad SMARTS) is 1. The fourth-order valence-corrected chi connectivity index (χ4v) is 0.341. The number of carboxylic acids is 1. The van der Waals surface area contributed by atoms with Crippen LogP contribution in [0.4, 0.5) is 0 Å². The number of carbonyl (C=O) groups is 1. The van der Waals surface area contributed by atoms with Gasteiger partial charge in [0.2, 0.25) is 0 Å². The number of hydrogen-bond acceptors (Lipinski definition) is 3. The van der Waals surface area contributed by atoms with Gasteiger partial charge >= 0.3 is 5.97 Å². The summed E-state index contributed by atoms with van der Waals surface area (Å²) >= 11 is 0. The van der Waals surface area contributed by atoms with Gasteiger partial charge in [-0.05, 0) is 6.92 Å². The maximum absolute atomic E-state index is 9.94. The third-order valence-corrected chi connectivity index (χ3v) is 0.951. The lowest BCUT2D eigenvalue weighted by atomic mass is 10.1. The molecule has 4 nitrogen and oxygen atoms in total. The number of nitrogens with two attached hydrogens (primary N) is 1. The van der Waals surface area contributed by atoms with Gasteiger partial charge in [-0.25, -0.2) is 0 Å². The zero-order chi connectivity index (χ0) is 7.44. The summed E-state index contributed by atoms with van der Waals surface area (Å²) in [6, 6.07) is -0.623. The average molecular weight is 130 g/mol. The van der Waals surface area contributed by atoms with Gasteiger partial charge in [0.1, 0.15) is 0 Å². The quantitative estimate of drug-likeness (QED) is 0.463. The smallest absolute Gasteiger partial charge is 0.305 e. The molecule has 0 aromatic heterocycles. The zero-order valence-electron chi connectivity index (χ0n) is 5.22. The molecule has 0 aromatic rings. The number of aliphatic carboxylic acids is 1. The lowest BCUT2D eigenvalue weighted by Crippen LogP contribution is -2.30. The highest BCUT2D eigenvalue weighted by Gasteiger charge is 2.08. The maximum atomic E-state index is 9.94. The molecule has 0 aliphatic heterocycles. The van der Waals surface area contributed by atoms with Gasteiger partial charge in [0.05, 0.1) is 12.5 Å². The van der Waals surface area contributed by atoms with E-state index in [1.165, 1.54) is 6.92 Å². The zero-order valence-corrected chi connectivity index (χ0v) is 5.22. The van der Waals surface area contributed by atoms with Crippen LogP contribution >= 0.6 is 0 Å². The van der Waals surface area contributed by atoms with Crippen molar-refractivity contribution in [2.24, 2.45) is 5.73 Å². The minimum atomic E-state index is -0.964. The van der Waals surface area contributed by atoms with Crippen LogP contribution in [0.25, 0.3) is 0 Å². The number of rotatable bonds is 3. The Kier molecular flexibility index (Phi) is 2.87. The van der Waals surface area contributed by atoms with Crippen molar-refractivity contribution in [1.82, 2.24) is 0 Å². The molecule has 0 aliphatic rings. The van der Waals surface area contributed by atoms with E-state index in [1.807, 2.05) is 0 Å². The Bertz CT molecular complexity index is 133. The topological polar surface area (TPSA) is 87.2 Å². The van der Waals surface area contributed by atoms with Gasteiger partial charge in [0, 0.05) is 5.71 Å². The summed E-state index contributed by atoms with van der Waals surface area (Å²) in [5.74, 6) is -0.964. The molecule has 0 saturated carbocycles. The standard InChI is InChI=1S/C5H10N2O2/c1-3(6)4(7)2-5(8)9/h4,6H,2,7H2,1H3,(H,8,9). The Labute approximate surface area is 53.2 Å². The Morgan fingerprint density at radius 3 is 2.44 bits per heavy atom. The lowest BCUT2D eigenvalue weighted by molar-refractivity contribution is -0.137. The molecule has 0 aliphatic carbocycles. The van der Waals surface area contributed by atoms with Gasteiger partial charge in [-0.2, -0.15) is 0 Å². The Morgan fingerprint density at radius 1 is 1.89 bits per heavy atom. The summed E-state index contributed by atoms with van der Waals surface area (Å²) in [6.45, 7) is 1.49. The molecule has 0 aromatic carbocycles. The summed E-state index contributed by atoms with van der Waals surface area (Å²) in [6.07, 6.45) is -0.157. The maximum Gasteiger partial charge on any atom is 0.305 e. The van der Waals surface area contributed by atoms with Crippen LogP contribution in [0, 0.1) is 5.41 Å². The number of nitrogens with one attached hydrogen (secondary N) is 1. The van der Waals surface area contributed by atoms with Crippen LogP contribution in [-0.2, 0) is 4.79 Å². The minimum Gasteiger partial charge on any atom is -0.481 e. The first-order valence-electron chi connectivity index (χ1n) is 2.56. The van der Waals surface area contributed by atoms with E-state index in [0.29, 0.717) is 0 Å². The number of hydrogen-bond donors (Lipinski definition) is 3. The normalized spacial score (nSPS) is 12.7. The van der Waals surface area contributed by atoms with Gasteiger partial charge in [0.15, 0.2) is 0 Å². The van der Waals surface area contributed by atoms with E-state index >= 15 is 0 Å². The Balaban J connectivity index is 3.63. The second kappa shape index (κ2) is 3.19. The van der Waals surface area contributed by atoms with E-state index in [9.17, 15) is 4.79 Å². The summed E-state index contributed by atoms with van der Waals surface area (Å²) in [5, 5.41) is 15.1. The molecule has 1 atom stereocenters. The van der Waals surface area contributed by atoms with Gasteiger partial charge in [0.25, 0.3) is 0 Å². The van der Waals surface area contributed by atoms with Crippen molar-refractivity contribution in [2.45, 2.75) is 19.4 Å². The highest BCUT2D eigenvalue weighted by Crippen LogP contribution is 1.88. The molecule has 0 fully saturated rings. The third kappa shape index (κ3) is 3.66. The largest absolute Gasteiger partial charge is 0.481 e. The molecule has 4 heteroatoms. The molecule has 0 spiro atoms. The van der Waals surface area contributed by atoms with Gasteiger partial charge in [-0.15, -0.1) is 0 Å². The van der Waals surface area contributed by atoms with Crippen molar-refractivity contribution in [3.8, 4) is 0 Å². The Morgan fingerprint density at radius 2 is 2.33 bits per heavy atom. The molecule has 0 rings (SSSR count). The monoisotopic (exact) mass is 130 g/mol. The fourth-order valence-electron chi connectivity index (χ4n) is 0.341. The fraction of sp³-hybridized carbons (Fsp3) is 0.600. The van der Waals surface area contributed by atoms with Crippen LogP contribution in [0.3, 0.4) is 0 Å². The molecule has 0 radical (unpaired) electrons. The molecular weight excluding hydrogens is 120 g/mol. The van der Waals surface area contributed by atoms with Crippen molar-refractivity contribution >= 4 is 11.7 Å². The SMILES string of the molecule is CC(=N)C(N)CC(=O)O. The van der Waals surface area contributed by atoms with Crippen LogP contribution in [0.5, 0.6) is 0 Å². The first kappa shape index (κ1) is 8.10. The van der Waals surface area contributed by atoms with Gasteiger partial charge in [-0.1, -0.05) is 0 Å². The third-order valence-electron chi connectivity index (χ3n) is 0.951. The summed E-state index contributed by atoms with van der Waals surface area (Å²) in [4.78, 5) is 9.94. The molecule has 0 heterocycles. The molecule has 1 unspecified atom stereocenters. The van der Waals surface area contributed by atoms with Crippen LogP contribution in [0.2, 0.25) is 0 Å². The molecule has 0 saturated heterocycles. The molecule has 9 heavy (non-hydrogen) atoms. The van der Waals surface area contributed by atoms with Gasteiger partial charge < -0.3 is 16.2 Å². The predicted molar refractivity (Wildman–Crippen MR) is 33.6 cm³/mol. The Hall–Kier alpha value is -0.900. The molecule has 52 valence electrons. The van der Waals surface area contributed by atoms with Crippen molar-refractivity contribution in [3.05, 3.63) is 0 Å². The molecule has 0 bridgehead atoms. The second-order valence-electron chi connectivity index (χ2n) is 1.89. The van der Waals surface area contributed by atoms with Crippen LogP contribution < -0.4 is 5.73 Å². The highest BCUT2D eigenvalue weighted by molar-refractivity contribution is 5.87. The lowest BCUT2D eigenvalue weighted by Gasteiger charge is -2.03. The summed E-state index contributed by atoms with van der Waals surface area (Å²) in [5.41, 5.74) is 5.42. The van der Waals surface area contributed by atoms with E-state index < -0.39 is 12.0 Å². The van der Waals surface area contributed by atoms with E-state index in [-0.39, 0.29) is 12.1 Å². The summed E-state index contributed by atoms with van der Waals surface area (Å²) < 4.78 is 0. The summed E-state index contributed by atoms with van der Waals surface area (Å²) in [7, 11) is 0. The average Bonchev–Trinajstić information content (AvgIpc) is 1.63. The highest BCUT2D eigenvalue weighted by atomic mass is 16.4. The molecular formula is C5H10N2O2. The van der Waals surface area contributed by atoms with Crippen LogP contribution in [0.1, 0.15) is 13.3 Å². The van der Waals surface area contributed by atoms with Crippen molar-refractivity contribution in [1.29, 1.82) is 5.41 Å².